The number of aryl methyl sites for hydroxylation is 1. The quantitative estimate of drug-likeness (QED) is 0.696. The van der Waals surface area contributed by atoms with Crippen molar-refractivity contribution in [2.45, 2.75) is 25.8 Å². The molecule has 20 heavy (non-hydrogen) atoms. The van der Waals surface area contributed by atoms with Crippen molar-refractivity contribution in [3.63, 3.8) is 0 Å². The van der Waals surface area contributed by atoms with E-state index in [1.165, 1.54) is 6.07 Å². The smallest absolute Gasteiger partial charge is 0.223 e. The molecule has 0 saturated carbocycles. The fraction of sp³-hybridized carbons (Fsp3) is 0.308. The van der Waals surface area contributed by atoms with Gasteiger partial charge >= 0.3 is 0 Å². The van der Waals surface area contributed by atoms with Crippen LogP contribution in [0.3, 0.4) is 0 Å². The van der Waals surface area contributed by atoms with Crippen molar-refractivity contribution in [3.05, 3.63) is 41.6 Å². The SMILES string of the molecule is Cc1nc(Cn2c(C(C)Cl)nc3c(F)cccc32)no1. The first-order valence-corrected chi connectivity index (χ1v) is 6.58. The van der Waals surface area contributed by atoms with E-state index in [0.717, 1.165) is 0 Å². The van der Waals surface area contributed by atoms with Crippen molar-refractivity contribution in [3.8, 4) is 0 Å². The Labute approximate surface area is 119 Å². The third kappa shape index (κ3) is 2.16. The molecule has 2 aromatic heterocycles. The lowest BCUT2D eigenvalue weighted by molar-refractivity contribution is 0.386. The Morgan fingerprint density at radius 1 is 1.40 bits per heavy atom. The molecule has 5 nitrogen and oxygen atoms in total. The number of hydrogen-bond acceptors (Lipinski definition) is 4. The number of fused-ring (bicyclic) bond motifs is 1. The minimum atomic E-state index is -0.371. The zero-order chi connectivity index (χ0) is 14.3. The topological polar surface area (TPSA) is 56.7 Å². The summed E-state index contributed by atoms with van der Waals surface area (Å²) in [6.45, 7) is 3.84. The minimum absolute atomic E-state index is 0.301. The molecule has 1 atom stereocenters. The molecular formula is C13H12ClFN4O. The molecular weight excluding hydrogens is 283 g/mol. The highest BCUT2D eigenvalue weighted by Crippen LogP contribution is 2.26. The maximum absolute atomic E-state index is 13.8. The average Bonchev–Trinajstić information content (AvgIpc) is 2.96. The van der Waals surface area contributed by atoms with Gasteiger partial charge in [0.25, 0.3) is 0 Å². The molecule has 104 valence electrons. The second-order valence-electron chi connectivity index (χ2n) is 4.51. The molecule has 3 aromatic rings. The molecule has 1 aromatic carbocycles. The number of imidazole rings is 1. The Kier molecular flexibility index (Phi) is 3.17. The zero-order valence-corrected chi connectivity index (χ0v) is 11.7. The van der Waals surface area contributed by atoms with Crippen LogP contribution < -0.4 is 0 Å². The molecule has 1 unspecified atom stereocenters. The minimum Gasteiger partial charge on any atom is -0.340 e. The summed E-state index contributed by atoms with van der Waals surface area (Å²) in [7, 11) is 0. The third-order valence-corrected chi connectivity index (χ3v) is 3.18. The number of rotatable bonds is 3. The van der Waals surface area contributed by atoms with Crippen LogP contribution in [0.2, 0.25) is 0 Å². The van der Waals surface area contributed by atoms with Gasteiger partial charge in [0.15, 0.2) is 11.6 Å². The number of alkyl halides is 1. The van der Waals surface area contributed by atoms with Crippen molar-refractivity contribution in [1.29, 1.82) is 0 Å². The highest BCUT2D eigenvalue weighted by molar-refractivity contribution is 6.20. The largest absolute Gasteiger partial charge is 0.340 e. The molecule has 0 radical (unpaired) electrons. The average molecular weight is 295 g/mol. The van der Waals surface area contributed by atoms with E-state index in [2.05, 4.69) is 15.1 Å². The van der Waals surface area contributed by atoms with E-state index in [1.807, 2.05) is 0 Å². The summed E-state index contributed by atoms with van der Waals surface area (Å²) in [5.41, 5.74) is 0.963. The monoisotopic (exact) mass is 294 g/mol. The maximum Gasteiger partial charge on any atom is 0.223 e. The highest BCUT2D eigenvalue weighted by Gasteiger charge is 2.18. The molecule has 0 aliphatic heterocycles. The fourth-order valence-corrected chi connectivity index (χ4v) is 2.31. The Hall–Kier alpha value is -1.95. The molecule has 0 bridgehead atoms. The number of aromatic nitrogens is 4. The fourth-order valence-electron chi connectivity index (χ4n) is 2.15. The van der Waals surface area contributed by atoms with Crippen LogP contribution >= 0.6 is 11.6 Å². The van der Waals surface area contributed by atoms with Crippen LogP contribution in [-0.2, 0) is 6.54 Å². The molecule has 0 amide bonds. The summed E-state index contributed by atoms with van der Waals surface area (Å²) in [4.78, 5) is 8.44. The van der Waals surface area contributed by atoms with Crippen LogP contribution in [0.25, 0.3) is 11.0 Å². The van der Waals surface area contributed by atoms with Gasteiger partial charge in [0.2, 0.25) is 5.89 Å². The van der Waals surface area contributed by atoms with Crippen molar-refractivity contribution >= 4 is 22.6 Å². The summed E-state index contributed by atoms with van der Waals surface area (Å²) in [5, 5.41) is 3.50. The molecule has 0 saturated heterocycles. The molecule has 0 fully saturated rings. The van der Waals surface area contributed by atoms with Crippen LogP contribution in [0.4, 0.5) is 4.39 Å². The van der Waals surface area contributed by atoms with E-state index in [9.17, 15) is 4.39 Å². The van der Waals surface area contributed by atoms with Gasteiger partial charge in [0.05, 0.1) is 17.4 Å². The number of halogens is 2. The van der Waals surface area contributed by atoms with Gasteiger partial charge in [-0.3, -0.25) is 0 Å². The molecule has 3 rings (SSSR count). The van der Waals surface area contributed by atoms with Crippen molar-refractivity contribution in [1.82, 2.24) is 19.7 Å². The number of para-hydroxylation sites is 1. The summed E-state index contributed by atoms with van der Waals surface area (Å²) < 4.78 is 20.6. The van der Waals surface area contributed by atoms with Crippen LogP contribution in [0.15, 0.2) is 22.7 Å². The first kappa shape index (κ1) is 13.1. The van der Waals surface area contributed by atoms with Gasteiger partial charge in [-0.05, 0) is 19.1 Å². The van der Waals surface area contributed by atoms with Crippen molar-refractivity contribution < 1.29 is 8.91 Å². The Bertz CT molecular complexity index is 765. The Morgan fingerprint density at radius 3 is 2.85 bits per heavy atom. The van der Waals surface area contributed by atoms with E-state index in [-0.39, 0.29) is 11.2 Å². The first-order valence-electron chi connectivity index (χ1n) is 6.14. The Morgan fingerprint density at radius 2 is 2.20 bits per heavy atom. The number of nitrogens with zero attached hydrogens (tertiary/aromatic N) is 4. The molecule has 0 aliphatic rings. The molecule has 7 heteroatoms. The molecule has 0 aliphatic carbocycles. The predicted octanol–water partition coefficient (Wildman–Crippen LogP) is 3.21. The lowest BCUT2D eigenvalue weighted by Gasteiger charge is -2.07. The Balaban J connectivity index is 2.16. The van der Waals surface area contributed by atoms with Gasteiger partial charge in [-0.2, -0.15) is 4.98 Å². The van der Waals surface area contributed by atoms with Gasteiger partial charge in [-0.15, -0.1) is 11.6 Å². The second kappa shape index (κ2) is 4.86. The van der Waals surface area contributed by atoms with E-state index in [4.69, 9.17) is 16.1 Å². The summed E-state index contributed by atoms with van der Waals surface area (Å²) >= 11 is 6.13. The van der Waals surface area contributed by atoms with Crippen molar-refractivity contribution in [2.75, 3.05) is 0 Å². The van der Waals surface area contributed by atoms with E-state index >= 15 is 0 Å². The standard InChI is InChI=1S/C13H12ClFN4O/c1-7(14)13-17-12-9(15)4-3-5-10(12)19(13)6-11-16-8(2)20-18-11/h3-5,7H,6H2,1-2H3. The van der Waals surface area contributed by atoms with Gasteiger partial charge in [0, 0.05) is 6.92 Å². The van der Waals surface area contributed by atoms with E-state index in [0.29, 0.717) is 35.1 Å². The predicted molar refractivity (Wildman–Crippen MR) is 72.1 cm³/mol. The number of hydrogen-bond donors (Lipinski definition) is 0. The normalized spacial score (nSPS) is 13.0. The van der Waals surface area contributed by atoms with Gasteiger partial charge in [-0.25, -0.2) is 9.37 Å². The molecule has 2 heterocycles. The summed E-state index contributed by atoms with van der Waals surface area (Å²) in [5.74, 6) is 1.19. The molecule has 0 spiro atoms. The maximum atomic E-state index is 13.8. The van der Waals surface area contributed by atoms with Gasteiger partial charge < -0.3 is 9.09 Å². The number of benzene rings is 1. The van der Waals surface area contributed by atoms with E-state index < -0.39 is 0 Å². The summed E-state index contributed by atoms with van der Waals surface area (Å²) in [6.07, 6.45) is 0. The van der Waals surface area contributed by atoms with Crippen LogP contribution in [0.1, 0.15) is 29.8 Å². The second-order valence-corrected chi connectivity index (χ2v) is 5.16. The van der Waals surface area contributed by atoms with Gasteiger partial charge in [-0.1, -0.05) is 11.2 Å². The van der Waals surface area contributed by atoms with E-state index in [1.54, 1.807) is 30.5 Å². The highest BCUT2D eigenvalue weighted by atomic mass is 35.5. The zero-order valence-electron chi connectivity index (χ0n) is 11.0. The van der Waals surface area contributed by atoms with Crippen LogP contribution in [-0.4, -0.2) is 19.7 Å². The van der Waals surface area contributed by atoms with Crippen molar-refractivity contribution in [2.24, 2.45) is 0 Å². The lowest BCUT2D eigenvalue weighted by Crippen LogP contribution is -2.07. The third-order valence-electron chi connectivity index (χ3n) is 2.98. The van der Waals surface area contributed by atoms with Crippen LogP contribution in [0.5, 0.6) is 0 Å². The molecule has 0 N–H and O–H groups in total. The lowest BCUT2D eigenvalue weighted by atomic mass is 10.3. The van der Waals surface area contributed by atoms with Gasteiger partial charge in [0.1, 0.15) is 11.3 Å². The summed E-state index contributed by atoms with van der Waals surface area (Å²) in [6, 6.07) is 4.81. The first-order chi connectivity index (χ1) is 9.56. The van der Waals surface area contributed by atoms with Crippen LogP contribution in [0, 0.1) is 12.7 Å².